The number of hydrogen-bond donors (Lipinski definition) is 6. The molecule has 4 rings (SSSR count). The molecule has 188 valence electrons. The number of hydrogen-bond acceptors (Lipinski definition) is 10. The molecule has 0 heterocycles. The van der Waals surface area contributed by atoms with Crippen LogP contribution in [0, 0.1) is 0 Å². The Morgan fingerprint density at radius 2 is 0.865 bits per heavy atom. The van der Waals surface area contributed by atoms with Gasteiger partial charge in [0, 0.05) is 22.5 Å². The lowest BCUT2D eigenvalue weighted by atomic mass is 10.0. The van der Waals surface area contributed by atoms with Gasteiger partial charge in [0.25, 0.3) is 0 Å². The SMILES string of the molecule is Nc1ccc(C(=O)c2c(S(=O)(=O)c3ccc(O)c(N)c3C(=O)c3ccc(N)cc3)ccc(O)c2N)cc1. The summed E-state index contributed by atoms with van der Waals surface area (Å²) >= 11 is 0. The highest BCUT2D eigenvalue weighted by Crippen LogP contribution is 2.39. The minimum absolute atomic E-state index is 0.0614. The molecule has 0 spiro atoms. The summed E-state index contributed by atoms with van der Waals surface area (Å²) in [6.45, 7) is 0. The maximum atomic E-state index is 14.0. The number of carbonyl (C=O) groups is 2. The Morgan fingerprint density at radius 1 is 0.541 bits per heavy atom. The molecule has 37 heavy (non-hydrogen) atoms. The third-order valence-corrected chi connectivity index (χ3v) is 7.59. The van der Waals surface area contributed by atoms with E-state index in [0.29, 0.717) is 11.4 Å². The van der Waals surface area contributed by atoms with Crippen molar-refractivity contribution >= 4 is 44.2 Å². The van der Waals surface area contributed by atoms with Gasteiger partial charge in [-0.2, -0.15) is 0 Å². The van der Waals surface area contributed by atoms with Crippen molar-refractivity contribution < 1.29 is 28.2 Å². The third kappa shape index (κ3) is 4.39. The number of phenols is 2. The number of carbonyl (C=O) groups excluding carboxylic acids is 2. The van der Waals surface area contributed by atoms with Gasteiger partial charge in [0.15, 0.2) is 11.6 Å². The number of aromatic hydroxyl groups is 2. The second kappa shape index (κ2) is 9.21. The van der Waals surface area contributed by atoms with Gasteiger partial charge in [0.2, 0.25) is 9.84 Å². The smallest absolute Gasteiger partial charge is 0.208 e. The first-order valence-corrected chi connectivity index (χ1v) is 12.2. The summed E-state index contributed by atoms with van der Waals surface area (Å²) in [5.74, 6) is -2.63. The summed E-state index contributed by atoms with van der Waals surface area (Å²) in [6.07, 6.45) is 0. The van der Waals surface area contributed by atoms with Gasteiger partial charge >= 0.3 is 0 Å². The van der Waals surface area contributed by atoms with Crippen molar-refractivity contribution in [3.63, 3.8) is 0 Å². The van der Waals surface area contributed by atoms with Crippen LogP contribution in [0.5, 0.6) is 11.5 Å². The number of phenolic OH excluding ortho intramolecular Hbond substituents is 2. The quantitative estimate of drug-likeness (QED) is 0.125. The number of nitrogen functional groups attached to an aromatic ring is 4. The van der Waals surface area contributed by atoms with Crippen molar-refractivity contribution in [2.24, 2.45) is 0 Å². The lowest BCUT2D eigenvalue weighted by Gasteiger charge is -2.17. The summed E-state index contributed by atoms with van der Waals surface area (Å²) in [7, 11) is -4.67. The largest absolute Gasteiger partial charge is 0.506 e. The fourth-order valence-electron chi connectivity index (χ4n) is 3.77. The number of benzene rings is 4. The molecular formula is C26H22N4O6S. The molecule has 4 aromatic carbocycles. The average Bonchev–Trinajstić information content (AvgIpc) is 2.87. The van der Waals surface area contributed by atoms with E-state index < -0.39 is 65.2 Å². The average molecular weight is 519 g/mol. The van der Waals surface area contributed by atoms with Crippen LogP contribution in [0.25, 0.3) is 0 Å². The molecular weight excluding hydrogens is 496 g/mol. The van der Waals surface area contributed by atoms with Crippen molar-refractivity contribution in [1.29, 1.82) is 0 Å². The minimum atomic E-state index is -4.67. The maximum Gasteiger partial charge on any atom is 0.208 e. The summed E-state index contributed by atoms with van der Waals surface area (Å²) < 4.78 is 27.9. The Hall–Kier alpha value is -5.03. The van der Waals surface area contributed by atoms with Crippen LogP contribution >= 0.6 is 0 Å². The molecule has 0 radical (unpaired) electrons. The molecule has 0 aromatic heterocycles. The summed E-state index contributed by atoms with van der Waals surface area (Å²) in [4.78, 5) is 25.6. The molecule has 10 nitrogen and oxygen atoms in total. The van der Waals surface area contributed by atoms with Crippen LogP contribution in [0.1, 0.15) is 31.8 Å². The van der Waals surface area contributed by atoms with E-state index in [1.807, 2.05) is 0 Å². The summed E-state index contributed by atoms with van der Waals surface area (Å²) in [6, 6.07) is 15.4. The highest BCUT2D eigenvalue weighted by atomic mass is 32.2. The van der Waals surface area contributed by atoms with Crippen molar-refractivity contribution in [3.05, 3.63) is 95.1 Å². The number of ketones is 2. The first-order valence-electron chi connectivity index (χ1n) is 10.7. The van der Waals surface area contributed by atoms with Crippen molar-refractivity contribution in [1.82, 2.24) is 0 Å². The molecule has 0 fully saturated rings. The lowest BCUT2D eigenvalue weighted by Crippen LogP contribution is -2.17. The Kier molecular flexibility index (Phi) is 6.24. The van der Waals surface area contributed by atoms with E-state index in [4.69, 9.17) is 22.9 Å². The van der Waals surface area contributed by atoms with Gasteiger partial charge in [0.1, 0.15) is 11.5 Å². The van der Waals surface area contributed by atoms with Gasteiger partial charge in [-0.1, -0.05) is 0 Å². The van der Waals surface area contributed by atoms with E-state index in [1.165, 1.54) is 48.5 Å². The lowest BCUT2D eigenvalue weighted by molar-refractivity contribution is 0.102. The number of rotatable bonds is 6. The Labute approximate surface area is 211 Å². The van der Waals surface area contributed by atoms with Crippen LogP contribution < -0.4 is 22.9 Å². The number of nitrogens with two attached hydrogens (primary N) is 4. The van der Waals surface area contributed by atoms with E-state index in [1.54, 1.807) is 0 Å². The van der Waals surface area contributed by atoms with E-state index in [-0.39, 0.29) is 11.1 Å². The topological polar surface area (TPSA) is 213 Å². The molecule has 0 saturated heterocycles. The zero-order valence-corrected chi connectivity index (χ0v) is 20.0. The molecule has 0 aliphatic rings. The highest BCUT2D eigenvalue weighted by Gasteiger charge is 2.33. The van der Waals surface area contributed by atoms with Crippen LogP contribution in [-0.4, -0.2) is 30.2 Å². The van der Waals surface area contributed by atoms with Crippen LogP contribution in [0.4, 0.5) is 22.7 Å². The van der Waals surface area contributed by atoms with Gasteiger partial charge < -0.3 is 33.1 Å². The second-order valence-corrected chi connectivity index (χ2v) is 10.0. The first kappa shape index (κ1) is 25.1. The molecule has 10 N–H and O–H groups in total. The Bertz CT molecular complexity index is 1550. The van der Waals surface area contributed by atoms with E-state index >= 15 is 0 Å². The zero-order chi connectivity index (χ0) is 27.1. The molecule has 0 amide bonds. The van der Waals surface area contributed by atoms with Gasteiger partial charge in [-0.25, -0.2) is 8.42 Å². The highest BCUT2D eigenvalue weighted by molar-refractivity contribution is 7.91. The van der Waals surface area contributed by atoms with E-state index in [0.717, 1.165) is 24.3 Å². The molecule has 0 bridgehead atoms. The van der Waals surface area contributed by atoms with Gasteiger partial charge in [-0.3, -0.25) is 9.59 Å². The van der Waals surface area contributed by atoms with Crippen molar-refractivity contribution in [2.75, 3.05) is 22.9 Å². The van der Waals surface area contributed by atoms with E-state index in [2.05, 4.69) is 0 Å². The third-order valence-electron chi connectivity index (χ3n) is 5.75. The fourth-order valence-corrected chi connectivity index (χ4v) is 5.44. The summed E-state index contributed by atoms with van der Waals surface area (Å²) in [5, 5.41) is 20.4. The standard InChI is InChI=1S/C26H22N4O6S/c27-15-5-1-13(2-6-15)25(33)21-19(11-9-17(31)23(21)29)37(35,36)20-12-10-18(32)24(30)22(20)26(34)14-3-7-16(28)8-4-14/h1-12,31-32H,27-30H2. The predicted molar refractivity (Wildman–Crippen MR) is 139 cm³/mol. The van der Waals surface area contributed by atoms with Gasteiger partial charge in [-0.15, -0.1) is 0 Å². The zero-order valence-electron chi connectivity index (χ0n) is 19.2. The molecule has 0 aliphatic carbocycles. The molecule has 0 saturated carbocycles. The Morgan fingerprint density at radius 3 is 1.19 bits per heavy atom. The molecule has 0 aliphatic heterocycles. The normalized spacial score (nSPS) is 11.2. The fraction of sp³-hybridized carbons (Fsp3) is 0. The van der Waals surface area contributed by atoms with Gasteiger partial charge in [-0.05, 0) is 72.8 Å². The van der Waals surface area contributed by atoms with Crippen LogP contribution in [-0.2, 0) is 9.84 Å². The molecule has 4 aromatic rings. The van der Waals surface area contributed by atoms with Crippen LogP contribution in [0.2, 0.25) is 0 Å². The van der Waals surface area contributed by atoms with Crippen LogP contribution in [0.15, 0.2) is 82.6 Å². The molecule has 0 unspecified atom stereocenters. The second-order valence-electron chi connectivity index (χ2n) is 8.15. The Balaban J connectivity index is 1.97. The van der Waals surface area contributed by atoms with Crippen molar-refractivity contribution in [3.8, 4) is 11.5 Å². The van der Waals surface area contributed by atoms with Crippen molar-refractivity contribution in [2.45, 2.75) is 9.79 Å². The minimum Gasteiger partial charge on any atom is -0.506 e. The van der Waals surface area contributed by atoms with Gasteiger partial charge in [0.05, 0.1) is 32.3 Å². The van der Waals surface area contributed by atoms with Crippen LogP contribution in [0.3, 0.4) is 0 Å². The molecule has 11 heteroatoms. The first-order chi connectivity index (χ1) is 17.4. The monoisotopic (exact) mass is 518 g/mol. The molecule has 0 atom stereocenters. The predicted octanol–water partition coefficient (Wildman–Crippen LogP) is 2.72. The summed E-state index contributed by atoms with van der Waals surface area (Å²) in [5.41, 5.74) is 22.3. The number of sulfone groups is 1. The maximum absolute atomic E-state index is 14.0. The van der Waals surface area contributed by atoms with E-state index in [9.17, 15) is 28.2 Å². The number of anilines is 4.